The van der Waals surface area contributed by atoms with Gasteiger partial charge in [0.25, 0.3) is 5.69 Å². The van der Waals surface area contributed by atoms with Gasteiger partial charge in [-0.3, -0.25) is 10.1 Å². The van der Waals surface area contributed by atoms with Crippen molar-refractivity contribution in [2.75, 3.05) is 6.61 Å². The molecule has 0 amide bonds. The molecule has 1 heterocycles. The minimum Gasteiger partial charge on any atom is -0.493 e. The molecule has 4 aromatic carbocycles. The Labute approximate surface area is 207 Å². The van der Waals surface area contributed by atoms with E-state index in [9.17, 15) is 20.0 Å². The number of nitro benzene ring substituents is 1. The van der Waals surface area contributed by atoms with E-state index in [2.05, 4.69) is 4.98 Å². The van der Waals surface area contributed by atoms with Crippen LogP contribution in [0.4, 0.5) is 5.69 Å². The zero-order valence-corrected chi connectivity index (χ0v) is 19.7. The number of carboxylic acids is 1. The Balaban J connectivity index is 1.47. The van der Waals surface area contributed by atoms with E-state index in [1.807, 2.05) is 67.6 Å². The van der Waals surface area contributed by atoms with Crippen molar-refractivity contribution >= 4 is 33.3 Å². The van der Waals surface area contributed by atoms with Gasteiger partial charge >= 0.3 is 5.97 Å². The average molecular weight is 481 g/mol. The van der Waals surface area contributed by atoms with Gasteiger partial charge < -0.3 is 14.8 Å². The quantitative estimate of drug-likeness (QED) is 0.143. The second kappa shape index (κ2) is 9.54. The second-order valence-electron chi connectivity index (χ2n) is 8.67. The normalized spacial score (nSPS) is 11.1. The van der Waals surface area contributed by atoms with Crippen molar-refractivity contribution in [3.8, 4) is 16.9 Å². The standard InChI is InChI=1S/C29H24N2O5/c1-18-8-4-15-24(31(34)35)26(18)23-13-6-12-21-22(28(29(32)33)30-27(21)23)14-7-17-36-25-16-5-10-19-9-2-3-11-20(19)25/h2-6,8-13,15-16,30H,7,14,17H2,1H3,(H,32,33). The number of ether oxygens (including phenoxy) is 1. The molecule has 5 rings (SSSR count). The molecule has 0 bridgehead atoms. The molecule has 0 aliphatic carbocycles. The fraction of sp³-hybridized carbons (Fsp3) is 0.138. The van der Waals surface area contributed by atoms with E-state index < -0.39 is 10.9 Å². The third kappa shape index (κ3) is 4.15. The molecule has 7 heteroatoms. The number of aromatic nitrogens is 1. The van der Waals surface area contributed by atoms with Gasteiger partial charge in [-0.15, -0.1) is 0 Å². The Morgan fingerprint density at radius 1 is 0.972 bits per heavy atom. The Hall–Kier alpha value is -4.65. The predicted molar refractivity (Wildman–Crippen MR) is 140 cm³/mol. The molecule has 0 radical (unpaired) electrons. The van der Waals surface area contributed by atoms with Crippen LogP contribution >= 0.6 is 0 Å². The number of aromatic amines is 1. The minimum absolute atomic E-state index is 0.0148. The maximum Gasteiger partial charge on any atom is 0.352 e. The Bertz CT molecular complexity index is 1610. The lowest BCUT2D eigenvalue weighted by Crippen LogP contribution is -2.04. The van der Waals surface area contributed by atoms with Crippen LogP contribution in [-0.4, -0.2) is 27.6 Å². The summed E-state index contributed by atoms with van der Waals surface area (Å²) in [6.07, 6.45) is 1.08. The van der Waals surface area contributed by atoms with E-state index in [0.717, 1.165) is 27.5 Å². The van der Waals surface area contributed by atoms with E-state index in [-0.39, 0.29) is 11.4 Å². The number of nitrogens with zero attached hydrogens (tertiary/aromatic N) is 1. The molecule has 2 N–H and O–H groups in total. The smallest absolute Gasteiger partial charge is 0.352 e. The highest BCUT2D eigenvalue weighted by Gasteiger charge is 2.23. The zero-order valence-electron chi connectivity index (χ0n) is 19.7. The van der Waals surface area contributed by atoms with Gasteiger partial charge in [-0.1, -0.05) is 66.7 Å². The molecule has 180 valence electrons. The number of rotatable bonds is 8. The van der Waals surface area contributed by atoms with Gasteiger partial charge in [-0.05, 0) is 42.3 Å². The first-order valence-corrected chi connectivity index (χ1v) is 11.7. The third-order valence-corrected chi connectivity index (χ3v) is 6.45. The number of carboxylic acid groups (broad SMARTS) is 1. The molecule has 0 aliphatic heterocycles. The van der Waals surface area contributed by atoms with Crippen LogP contribution in [0, 0.1) is 17.0 Å². The van der Waals surface area contributed by atoms with Gasteiger partial charge in [0.1, 0.15) is 11.4 Å². The molecule has 0 spiro atoms. The number of hydrogen-bond acceptors (Lipinski definition) is 4. The molecule has 0 saturated carbocycles. The summed E-state index contributed by atoms with van der Waals surface area (Å²) in [7, 11) is 0. The number of para-hydroxylation sites is 1. The second-order valence-corrected chi connectivity index (χ2v) is 8.67. The molecule has 0 atom stereocenters. The summed E-state index contributed by atoms with van der Waals surface area (Å²) in [4.78, 5) is 26.5. The van der Waals surface area contributed by atoms with Crippen LogP contribution in [0.3, 0.4) is 0 Å². The van der Waals surface area contributed by atoms with Gasteiger partial charge in [-0.2, -0.15) is 0 Å². The van der Waals surface area contributed by atoms with E-state index in [1.165, 1.54) is 6.07 Å². The molecule has 7 nitrogen and oxygen atoms in total. The molecular formula is C29H24N2O5. The van der Waals surface area contributed by atoms with Crippen LogP contribution in [-0.2, 0) is 6.42 Å². The number of nitro groups is 1. The van der Waals surface area contributed by atoms with E-state index >= 15 is 0 Å². The lowest BCUT2D eigenvalue weighted by molar-refractivity contribution is -0.384. The minimum atomic E-state index is -1.07. The zero-order chi connectivity index (χ0) is 25.2. The summed E-state index contributed by atoms with van der Waals surface area (Å²) in [6, 6.07) is 24.3. The number of nitrogens with one attached hydrogen (secondary N) is 1. The van der Waals surface area contributed by atoms with Crippen molar-refractivity contribution in [3.05, 3.63) is 106 Å². The highest BCUT2D eigenvalue weighted by Crippen LogP contribution is 2.38. The van der Waals surface area contributed by atoms with Crippen molar-refractivity contribution < 1.29 is 19.6 Å². The number of H-pyrrole nitrogens is 1. The van der Waals surface area contributed by atoms with E-state index in [4.69, 9.17) is 4.74 Å². The number of hydrogen-bond donors (Lipinski definition) is 2. The van der Waals surface area contributed by atoms with Crippen LogP contribution < -0.4 is 4.74 Å². The molecule has 0 unspecified atom stereocenters. The number of benzene rings is 4. The van der Waals surface area contributed by atoms with Crippen LogP contribution in [0.15, 0.2) is 78.9 Å². The van der Waals surface area contributed by atoms with Crippen molar-refractivity contribution in [1.29, 1.82) is 0 Å². The van der Waals surface area contributed by atoms with Crippen LogP contribution in [0.1, 0.15) is 28.0 Å². The predicted octanol–water partition coefficient (Wildman–Crippen LogP) is 6.91. The topological polar surface area (TPSA) is 105 Å². The van der Waals surface area contributed by atoms with Gasteiger partial charge in [0.2, 0.25) is 0 Å². The molecule has 0 fully saturated rings. The summed E-state index contributed by atoms with van der Waals surface area (Å²) >= 11 is 0. The maximum atomic E-state index is 12.1. The molecule has 1 aromatic heterocycles. The van der Waals surface area contributed by atoms with Crippen LogP contribution in [0.2, 0.25) is 0 Å². The largest absolute Gasteiger partial charge is 0.493 e. The first-order valence-electron chi connectivity index (χ1n) is 11.7. The Morgan fingerprint density at radius 3 is 2.50 bits per heavy atom. The van der Waals surface area contributed by atoms with Crippen molar-refractivity contribution in [2.45, 2.75) is 19.8 Å². The van der Waals surface area contributed by atoms with Gasteiger partial charge in [0.15, 0.2) is 0 Å². The SMILES string of the molecule is Cc1cccc([N+](=O)[O-])c1-c1cccc2c(CCCOc3cccc4ccccc34)c(C(=O)O)[nH]c12. The first kappa shape index (κ1) is 23.1. The molecular weight excluding hydrogens is 456 g/mol. The Morgan fingerprint density at radius 2 is 1.69 bits per heavy atom. The molecule has 0 saturated heterocycles. The van der Waals surface area contributed by atoms with Gasteiger partial charge in [0, 0.05) is 22.4 Å². The lowest BCUT2D eigenvalue weighted by atomic mass is 9.95. The third-order valence-electron chi connectivity index (χ3n) is 6.45. The highest BCUT2D eigenvalue weighted by atomic mass is 16.6. The summed E-state index contributed by atoms with van der Waals surface area (Å²) in [5, 5.41) is 24.5. The molecule has 5 aromatic rings. The molecule has 36 heavy (non-hydrogen) atoms. The van der Waals surface area contributed by atoms with Crippen molar-refractivity contribution in [2.24, 2.45) is 0 Å². The molecule has 0 aliphatic rings. The fourth-order valence-electron chi connectivity index (χ4n) is 4.83. The first-order chi connectivity index (χ1) is 17.5. The Kier molecular flexibility index (Phi) is 6.12. The number of fused-ring (bicyclic) bond motifs is 2. The van der Waals surface area contributed by atoms with Crippen molar-refractivity contribution in [1.82, 2.24) is 4.98 Å². The maximum absolute atomic E-state index is 12.1. The monoisotopic (exact) mass is 480 g/mol. The van der Waals surface area contributed by atoms with Gasteiger partial charge in [0.05, 0.1) is 22.6 Å². The lowest BCUT2D eigenvalue weighted by Gasteiger charge is -2.10. The summed E-state index contributed by atoms with van der Waals surface area (Å²) in [6.45, 7) is 2.23. The van der Waals surface area contributed by atoms with E-state index in [0.29, 0.717) is 41.7 Å². The van der Waals surface area contributed by atoms with Crippen LogP contribution in [0.5, 0.6) is 5.75 Å². The van der Waals surface area contributed by atoms with Gasteiger partial charge in [-0.25, -0.2) is 4.79 Å². The van der Waals surface area contributed by atoms with E-state index in [1.54, 1.807) is 12.1 Å². The summed E-state index contributed by atoms with van der Waals surface area (Å²) in [5.74, 6) is -0.277. The number of carbonyl (C=O) groups is 1. The summed E-state index contributed by atoms with van der Waals surface area (Å²) < 4.78 is 6.05. The fourth-order valence-corrected chi connectivity index (χ4v) is 4.83. The summed E-state index contributed by atoms with van der Waals surface area (Å²) in [5.41, 5.74) is 3.16. The number of aromatic carboxylic acids is 1. The average Bonchev–Trinajstić information content (AvgIpc) is 3.26. The van der Waals surface area contributed by atoms with Crippen LogP contribution in [0.25, 0.3) is 32.8 Å². The highest BCUT2D eigenvalue weighted by molar-refractivity contribution is 6.04. The number of aryl methyl sites for hydroxylation is 2. The van der Waals surface area contributed by atoms with Crippen molar-refractivity contribution in [3.63, 3.8) is 0 Å².